The molecule has 0 aliphatic heterocycles. The number of unbranched alkanes of at least 4 members (excludes halogenated alkanes) is 1. The maximum atomic E-state index is 12.1. The number of rotatable bonds is 7. The highest BCUT2D eigenvalue weighted by Gasteiger charge is 2.13. The third-order valence-corrected chi connectivity index (χ3v) is 4.78. The van der Waals surface area contributed by atoms with E-state index in [9.17, 15) is 9.59 Å². The maximum Gasteiger partial charge on any atom is 0.345 e. The molecule has 23 heavy (non-hydrogen) atoms. The summed E-state index contributed by atoms with van der Waals surface area (Å²) in [5, 5.41) is 13.8. The van der Waals surface area contributed by atoms with Gasteiger partial charge in [-0.1, -0.05) is 24.9 Å². The fourth-order valence-electron chi connectivity index (χ4n) is 2.04. The molecule has 0 spiro atoms. The highest BCUT2D eigenvalue weighted by molar-refractivity contribution is 7.16. The van der Waals surface area contributed by atoms with Crippen molar-refractivity contribution >= 4 is 40.8 Å². The van der Waals surface area contributed by atoms with E-state index in [1.165, 1.54) is 18.2 Å². The minimum atomic E-state index is -1.03. The quantitative estimate of drug-likeness (QED) is 0.595. The standard InChI is InChI=1S/C16H17ClN2O3S/c1-3-4-9-19-15(17)11(10(2)18-19)5-6-12(20)13-7-8-14(23-13)16(21)22/h5-8H,3-4,9H2,1-2H3,(H,21,22)/b6-5+. The smallest absolute Gasteiger partial charge is 0.345 e. The van der Waals surface area contributed by atoms with Gasteiger partial charge in [0.2, 0.25) is 0 Å². The fraction of sp³-hybridized carbons (Fsp3) is 0.312. The van der Waals surface area contributed by atoms with Gasteiger partial charge < -0.3 is 5.11 Å². The van der Waals surface area contributed by atoms with Gasteiger partial charge in [-0.3, -0.25) is 9.48 Å². The molecule has 0 amide bonds. The number of aromatic nitrogens is 2. The Labute approximate surface area is 143 Å². The number of thiophene rings is 1. The van der Waals surface area contributed by atoms with E-state index >= 15 is 0 Å². The average molecular weight is 353 g/mol. The number of carbonyl (C=O) groups is 2. The normalized spacial score (nSPS) is 11.3. The second kappa shape index (κ2) is 7.57. The zero-order chi connectivity index (χ0) is 17.0. The van der Waals surface area contributed by atoms with E-state index in [0.717, 1.165) is 36.4 Å². The van der Waals surface area contributed by atoms with E-state index in [-0.39, 0.29) is 10.7 Å². The fourth-order valence-corrected chi connectivity index (χ4v) is 3.13. The summed E-state index contributed by atoms with van der Waals surface area (Å²) in [6.45, 7) is 4.67. The van der Waals surface area contributed by atoms with Crippen LogP contribution in [0.2, 0.25) is 5.15 Å². The van der Waals surface area contributed by atoms with Crippen LogP contribution < -0.4 is 0 Å². The molecule has 0 radical (unpaired) electrons. The molecule has 0 unspecified atom stereocenters. The summed E-state index contributed by atoms with van der Waals surface area (Å²) >= 11 is 7.26. The number of nitrogens with zero attached hydrogens (tertiary/aromatic N) is 2. The number of hydrogen-bond donors (Lipinski definition) is 1. The summed E-state index contributed by atoms with van der Waals surface area (Å²) < 4.78 is 1.73. The molecule has 0 atom stereocenters. The zero-order valence-electron chi connectivity index (χ0n) is 12.9. The Kier molecular flexibility index (Phi) is 5.74. The van der Waals surface area contributed by atoms with Gasteiger partial charge in [-0.25, -0.2) is 4.79 Å². The van der Waals surface area contributed by atoms with Crippen molar-refractivity contribution in [1.29, 1.82) is 0 Å². The van der Waals surface area contributed by atoms with Gasteiger partial charge in [0.15, 0.2) is 5.78 Å². The van der Waals surface area contributed by atoms with Crippen molar-refractivity contribution in [1.82, 2.24) is 9.78 Å². The van der Waals surface area contributed by atoms with Crippen LogP contribution in [0.1, 0.15) is 50.4 Å². The third kappa shape index (κ3) is 4.09. The molecule has 0 bridgehead atoms. The number of allylic oxidation sites excluding steroid dienone is 1. The second-order valence-corrected chi connectivity index (χ2v) is 6.48. The number of hydrogen-bond acceptors (Lipinski definition) is 4. The van der Waals surface area contributed by atoms with E-state index in [1.54, 1.807) is 10.8 Å². The molecule has 2 aromatic heterocycles. The van der Waals surface area contributed by atoms with Gasteiger partial charge >= 0.3 is 5.97 Å². The molecule has 2 heterocycles. The van der Waals surface area contributed by atoms with E-state index < -0.39 is 5.97 Å². The van der Waals surface area contributed by atoms with Gasteiger partial charge in [-0.15, -0.1) is 11.3 Å². The van der Waals surface area contributed by atoms with Crippen LogP contribution >= 0.6 is 22.9 Å². The highest BCUT2D eigenvalue weighted by Crippen LogP contribution is 2.23. The lowest BCUT2D eigenvalue weighted by Gasteiger charge is -2.00. The van der Waals surface area contributed by atoms with Crippen molar-refractivity contribution < 1.29 is 14.7 Å². The van der Waals surface area contributed by atoms with E-state index in [2.05, 4.69) is 12.0 Å². The Morgan fingerprint density at radius 2 is 2.09 bits per heavy atom. The summed E-state index contributed by atoms with van der Waals surface area (Å²) in [6, 6.07) is 2.94. The number of halogens is 1. The number of carbonyl (C=O) groups excluding carboxylic acids is 1. The van der Waals surface area contributed by atoms with Crippen LogP contribution in [-0.2, 0) is 6.54 Å². The van der Waals surface area contributed by atoms with Crippen molar-refractivity contribution in [3.05, 3.63) is 44.4 Å². The first-order valence-electron chi connectivity index (χ1n) is 7.22. The SMILES string of the molecule is CCCCn1nc(C)c(/C=C/C(=O)c2ccc(C(=O)O)s2)c1Cl. The van der Waals surface area contributed by atoms with Crippen molar-refractivity contribution in [2.75, 3.05) is 0 Å². The Balaban J connectivity index is 2.17. The molecule has 0 fully saturated rings. The lowest BCUT2D eigenvalue weighted by molar-refractivity contribution is 0.0702. The van der Waals surface area contributed by atoms with Crippen molar-refractivity contribution in [2.45, 2.75) is 33.2 Å². The van der Waals surface area contributed by atoms with Crippen LogP contribution in [0.25, 0.3) is 6.08 Å². The topological polar surface area (TPSA) is 72.2 Å². The van der Waals surface area contributed by atoms with Crippen molar-refractivity contribution in [3.8, 4) is 0 Å². The highest BCUT2D eigenvalue weighted by atomic mass is 35.5. The van der Waals surface area contributed by atoms with Crippen molar-refractivity contribution in [3.63, 3.8) is 0 Å². The van der Waals surface area contributed by atoms with Gasteiger partial charge in [-0.2, -0.15) is 5.10 Å². The largest absolute Gasteiger partial charge is 0.477 e. The predicted molar refractivity (Wildman–Crippen MR) is 91.5 cm³/mol. The first-order chi connectivity index (χ1) is 10.9. The summed E-state index contributed by atoms with van der Waals surface area (Å²) in [6.07, 6.45) is 5.06. The van der Waals surface area contributed by atoms with Crippen molar-refractivity contribution in [2.24, 2.45) is 0 Å². The van der Waals surface area contributed by atoms with E-state index in [0.29, 0.717) is 15.6 Å². The molecule has 0 aliphatic carbocycles. The molecule has 0 saturated carbocycles. The van der Waals surface area contributed by atoms with Gasteiger partial charge in [-0.05, 0) is 37.6 Å². The molecule has 1 N–H and O–H groups in total. The third-order valence-electron chi connectivity index (χ3n) is 3.29. The molecule has 2 aromatic rings. The Hall–Kier alpha value is -1.92. The second-order valence-electron chi connectivity index (χ2n) is 5.03. The molecular formula is C16H17ClN2O3S. The van der Waals surface area contributed by atoms with Crippen LogP contribution in [0, 0.1) is 6.92 Å². The summed E-state index contributed by atoms with van der Waals surface area (Å²) in [5.41, 5.74) is 1.47. The van der Waals surface area contributed by atoms with Gasteiger partial charge in [0, 0.05) is 12.1 Å². The summed E-state index contributed by atoms with van der Waals surface area (Å²) in [5.74, 6) is -1.28. The van der Waals surface area contributed by atoms with Gasteiger partial charge in [0.05, 0.1) is 10.6 Å². The molecule has 122 valence electrons. The Morgan fingerprint density at radius 3 is 2.70 bits per heavy atom. The molecule has 5 nitrogen and oxygen atoms in total. The molecule has 0 aliphatic rings. The van der Waals surface area contributed by atoms with E-state index in [1.807, 2.05) is 6.92 Å². The number of carboxylic acid groups (broad SMARTS) is 1. The first kappa shape index (κ1) is 17.4. The number of ketones is 1. The lowest BCUT2D eigenvalue weighted by atomic mass is 10.2. The molecule has 0 saturated heterocycles. The predicted octanol–water partition coefficient (Wildman–Crippen LogP) is 4.30. The number of aryl methyl sites for hydroxylation is 2. The monoisotopic (exact) mass is 352 g/mol. The molecule has 7 heteroatoms. The molecular weight excluding hydrogens is 336 g/mol. The van der Waals surface area contributed by atoms with Crippen LogP contribution in [-0.4, -0.2) is 26.6 Å². The lowest BCUT2D eigenvalue weighted by Crippen LogP contribution is -1.99. The number of aromatic carboxylic acids is 1. The average Bonchev–Trinajstić information content (AvgIpc) is 3.09. The molecule has 0 aromatic carbocycles. The minimum Gasteiger partial charge on any atom is -0.477 e. The summed E-state index contributed by atoms with van der Waals surface area (Å²) in [7, 11) is 0. The van der Waals surface area contributed by atoms with E-state index in [4.69, 9.17) is 16.7 Å². The Morgan fingerprint density at radius 1 is 1.39 bits per heavy atom. The molecule has 2 rings (SSSR count). The first-order valence-corrected chi connectivity index (χ1v) is 8.42. The zero-order valence-corrected chi connectivity index (χ0v) is 14.4. The Bertz CT molecular complexity index is 761. The maximum absolute atomic E-state index is 12.1. The van der Waals surface area contributed by atoms with Gasteiger partial charge in [0.1, 0.15) is 10.0 Å². The van der Waals surface area contributed by atoms with Crippen LogP contribution in [0.5, 0.6) is 0 Å². The van der Waals surface area contributed by atoms with Gasteiger partial charge in [0.25, 0.3) is 0 Å². The van der Waals surface area contributed by atoms with Crippen LogP contribution in [0.3, 0.4) is 0 Å². The van der Waals surface area contributed by atoms with Crippen LogP contribution in [0.4, 0.5) is 0 Å². The van der Waals surface area contributed by atoms with Crippen LogP contribution in [0.15, 0.2) is 18.2 Å². The number of carboxylic acids is 1. The summed E-state index contributed by atoms with van der Waals surface area (Å²) in [4.78, 5) is 23.5. The minimum absolute atomic E-state index is 0.142.